The summed E-state index contributed by atoms with van der Waals surface area (Å²) in [7, 11) is 0. The van der Waals surface area contributed by atoms with E-state index in [0.29, 0.717) is 5.56 Å². The van der Waals surface area contributed by atoms with Gasteiger partial charge in [-0.3, -0.25) is 14.8 Å². The molecule has 0 unspecified atom stereocenters. The molecule has 0 radical (unpaired) electrons. The van der Waals surface area contributed by atoms with Crippen LogP contribution < -0.4 is 5.32 Å². The Labute approximate surface area is 136 Å². The molecule has 2 aromatic rings. The van der Waals surface area contributed by atoms with Crippen molar-refractivity contribution in [2.24, 2.45) is 0 Å². The van der Waals surface area contributed by atoms with E-state index in [1.54, 1.807) is 24.8 Å². The Bertz CT molecular complexity index is 735. The molecule has 0 atom stereocenters. The molecule has 5 nitrogen and oxygen atoms in total. The third-order valence-corrected chi connectivity index (χ3v) is 3.99. The Hall–Kier alpha value is -2.69. The molecule has 1 N–H and O–H groups in total. The summed E-state index contributed by atoms with van der Waals surface area (Å²) < 4.78 is 0. The van der Waals surface area contributed by atoms with Crippen LogP contribution in [-0.2, 0) is 0 Å². The number of nitrogens with zero attached hydrogens (tertiary/aromatic N) is 3. The number of pyridine rings is 2. The van der Waals surface area contributed by atoms with Gasteiger partial charge in [-0.05, 0) is 37.5 Å². The fourth-order valence-corrected chi connectivity index (χ4v) is 2.75. The van der Waals surface area contributed by atoms with Crippen molar-refractivity contribution in [1.82, 2.24) is 14.9 Å². The van der Waals surface area contributed by atoms with Gasteiger partial charge < -0.3 is 10.2 Å². The standard InChI is InChI=1S/C18H20N4O/c1-13(2)14-11-19-7-5-16(14)21-17-6-8-20-12-15(17)18(23)22-9-3-4-10-22/h5-8,11-12H,1,3-4,9-10H2,2H3,(H,19,20,21). The number of nitrogens with one attached hydrogen (secondary N) is 1. The van der Waals surface area contributed by atoms with Crippen molar-refractivity contribution >= 4 is 22.9 Å². The number of carbonyl (C=O) groups is 1. The zero-order valence-corrected chi connectivity index (χ0v) is 13.2. The van der Waals surface area contributed by atoms with Crippen molar-refractivity contribution in [2.75, 3.05) is 18.4 Å². The number of carbonyl (C=O) groups excluding carboxylic acids is 1. The molecular formula is C18H20N4O. The van der Waals surface area contributed by atoms with Crippen LogP contribution in [0.3, 0.4) is 0 Å². The maximum absolute atomic E-state index is 12.7. The van der Waals surface area contributed by atoms with Crippen molar-refractivity contribution in [2.45, 2.75) is 19.8 Å². The third-order valence-electron chi connectivity index (χ3n) is 3.99. The quantitative estimate of drug-likeness (QED) is 0.939. The number of anilines is 2. The molecule has 1 saturated heterocycles. The van der Waals surface area contributed by atoms with E-state index < -0.39 is 0 Å². The van der Waals surface area contributed by atoms with Gasteiger partial charge in [-0.2, -0.15) is 0 Å². The Kier molecular flexibility index (Phi) is 4.37. The van der Waals surface area contributed by atoms with Crippen molar-refractivity contribution in [3.8, 4) is 0 Å². The number of rotatable bonds is 4. The summed E-state index contributed by atoms with van der Waals surface area (Å²) in [4.78, 5) is 22.8. The summed E-state index contributed by atoms with van der Waals surface area (Å²) in [6, 6.07) is 3.71. The van der Waals surface area contributed by atoms with E-state index in [4.69, 9.17) is 0 Å². The summed E-state index contributed by atoms with van der Waals surface area (Å²) in [5, 5.41) is 3.34. The molecule has 0 spiro atoms. The first kappa shape index (κ1) is 15.2. The number of likely N-dealkylation sites (tertiary alicyclic amines) is 1. The molecule has 5 heteroatoms. The number of aromatic nitrogens is 2. The highest BCUT2D eigenvalue weighted by atomic mass is 16.2. The van der Waals surface area contributed by atoms with E-state index in [0.717, 1.165) is 48.4 Å². The summed E-state index contributed by atoms with van der Waals surface area (Å²) in [6.45, 7) is 7.55. The molecule has 0 bridgehead atoms. The summed E-state index contributed by atoms with van der Waals surface area (Å²) in [5.41, 5.74) is 4.09. The lowest BCUT2D eigenvalue weighted by molar-refractivity contribution is 0.0793. The molecule has 1 fully saturated rings. The molecule has 2 aromatic heterocycles. The molecule has 0 aromatic carbocycles. The van der Waals surface area contributed by atoms with Crippen molar-refractivity contribution in [3.63, 3.8) is 0 Å². The predicted molar refractivity (Wildman–Crippen MR) is 91.6 cm³/mol. The smallest absolute Gasteiger partial charge is 0.257 e. The third kappa shape index (κ3) is 3.23. The van der Waals surface area contributed by atoms with Crippen LogP contribution in [0.4, 0.5) is 11.4 Å². The second-order valence-corrected chi connectivity index (χ2v) is 5.75. The van der Waals surface area contributed by atoms with Crippen LogP contribution in [0.15, 0.2) is 43.5 Å². The van der Waals surface area contributed by atoms with Crippen LogP contribution in [0.2, 0.25) is 0 Å². The van der Waals surface area contributed by atoms with Crippen LogP contribution in [0.25, 0.3) is 5.57 Å². The van der Waals surface area contributed by atoms with Gasteiger partial charge in [0.1, 0.15) is 0 Å². The highest BCUT2D eigenvalue weighted by Crippen LogP contribution is 2.27. The fourth-order valence-electron chi connectivity index (χ4n) is 2.75. The Morgan fingerprint density at radius 1 is 1.09 bits per heavy atom. The number of amides is 1. The Balaban J connectivity index is 1.92. The van der Waals surface area contributed by atoms with E-state index in [2.05, 4.69) is 21.9 Å². The van der Waals surface area contributed by atoms with E-state index in [-0.39, 0.29) is 5.91 Å². The minimum atomic E-state index is 0.0315. The molecular weight excluding hydrogens is 288 g/mol. The second kappa shape index (κ2) is 6.60. The summed E-state index contributed by atoms with van der Waals surface area (Å²) in [6.07, 6.45) is 8.94. The minimum Gasteiger partial charge on any atom is -0.354 e. The monoisotopic (exact) mass is 308 g/mol. The average molecular weight is 308 g/mol. The zero-order valence-electron chi connectivity index (χ0n) is 13.2. The van der Waals surface area contributed by atoms with Crippen LogP contribution in [0.1, 0.15) is 35.7 Å². The lowest BCUT2D eigenvalue weighted by atomic mass is 10.1. The second-order valence-electron chi connectivity index (χ2n) is 5.75. The lowest BCUT2D eigenvalue weighted by Crippen LogP contribution is -2.28. The van der Waals surface area contributed by atoms with Crippen molar-refractivity contribution in [1.29, 1.82) is 0 Å². The van der Waals surface area contributed by atoms with Gasteiger partial charge in [0.2, 0.25) is 0 Å². The van der Waals surface area contributed by atoms with Gasteiger partial charge in [-0.15, -0.1) is 0 Å². The molecule has 1 aliphatic heterocycles. The molecule has 1 amide bonds. The normalized spacial score (nSPS) is 13.9. The van der Waals surface area contributed by atoms with Crippen LogP contribution in [0, 0.1) is 0 Å². The first-order valence-electron chi connectivity index (χ1n) is 7.77. The van der Waals surface area contributed by atoms with Gasteiger partial charge in [-0.1, -0.05) is 6.58 Å². The SMILES string of the molecule is C=C(C)c1cnccc1Nc1ccncc1C(=O)N1CCCC1. The Morgan fingerprint density at radius 3 is 2.26 bits per heavy atom. The molecule has 0 aliphatic carbocycles. The maximum Gasteiger partial charge on any atom is 0.257 e. The van der Waals surface area contributed by atoms with Gasteiger partial charge in [0.25, 0.3) is 5.91 Å². The maximum atomic E-state index is 12.7. The molecule has 0 saturated carbocycles. The molecule has 3 rings (SSSR count). The molecule has 118 valence electrons. The number of hydrogen-bond donors (Lipinski definition) is 1. The molecule has 3 heterocycles. The Morgan fingerprint density at radius 2 is 1.65 bits per heavy atom. The van der Waals surface area contributed by atoms with E-state index in [9.17, 15) is 4.79 Å². The van der Waals surface area contributed by atoms with Crippen molar-refractivity contribution in [3.05, 3.63) is 54.6 Å². The summed E-state index contributed by atoms with van der Waals surface area (Å²) in [5.74, 6) is 0.0315. The lowest BCUT2D eigenvalue weighted by Gasteiger charge is -2.19. The summed E-state index contributed by atoms with van der Waals surface area (Å²) >= 11 is 0. The van der Waals surface area contributed by atoms with Gasteiger partial charge in [-0.25, -0.2) is 0 Å². The minimum absolute atomic E-state index is 0.0315. The van der Waals surface area contributed by atoms with E-state index >= 15 is 0 Å². The van der Waals surface area contributed by atoms with Crippen LogP contribution in [0.5, 0.6) is 0 Å². The molecule has 23 heavy (non-hydrogen) atoms. The van der Waals surface area contributed by atoms with Crippen LogP contribution >= 0.6 is 0 Å². The zero-order chi connectivity index (χ0) is 16.2. The topological polar surface area (TPSA) is 58.1 Å². The van der Waals surface area contributed by atoms with Gasteiger partial charge >= 0.3 is 0 Å². The first-order valence-corrected chi connectivity index (χ1v) is 7.77. The largest absolute Gasteiger partial charge is 0.354 e. The van der Waals surface area contributed by atoms with Gasteiger partial charge in [0.15, 0.2) is 0 Å². The number of hydrogen-bond acceptors (Lipinski definition) is 4. The highest BCUT2D eigenvalue weighted by molar-refractivity contribution is 6.00. The van der Waals surface area contributed by atoms with E-state index in [1.165, 1.54) is 0 Å². The van der Waals surface area contributed by atoms with Crippen molar-refractivity contribution < 1.29 is 4.79 Å². The first-order chi connectivity index (χ1) is 11.2. The fraction of sp³-hybridized carbons (Fsp3) is 0.278. The predicted octanol–water partition coefficient (Wildman–Crippen LogP) is 3.49. The highest BCUT2D eigenvalue weighted by Gasteiger charge is 2.22. The average Bonchev–Trinajstić information content (AvgIpc) is 3.09. The van der Waals surface area contributed by atoms with Gasteiger partial charge in [0, 0.05) is 49.1 Å². The van der Waals surface area contributed by atoms with E-state index in [1.807, 2.05) is 24.0 Å². The van der Waals surface area contributed by atoms with Gasteiger partial charge in [0.05, 0.1) is 11.3 Å². The molecule has 1 aliphatic rings. The van der Waals surface area contributed by atoms with Crippen LogP contribution in [-0.4, -0.2) is 33.9 Å². The number of allylic oxidation sites excluding steroid dienone is 1.